The summed E-state index contributed by atoms with van der Waals surface area (Å²) < 4.78 is 5.31. The molecule has 0 aromatic heterocycles. The Kier molecular flexibility index (Phi) is 5.83. The highest BCUT2D eigenvalue weighted by Crippen LogP contribution is 2.27. The summed E-state index contributed by atoms with van der Waals surface area (Å²) in [6.45, 7) is 2.07. The van der Waals surface area contributed by atoms with Gasteiger partial charge in [0.2, 0.25) is 5.91 Å². The van der Waals surface area contributed by atoms with E-state index in [0.717, 1.165) is 35.7 Å². The molecule has 0 bridgehead atoms. The van der Waals surface area contributed by atoms with Crippen molar-refractivity contribution in [3.63, 3.8) is 0 Å². The van der Waals surface area contributed by atoms with Crippen LogP contribution in [-0.2, 0) is 4.79 Å². The molecule has 22 heavy (non-hydrogen) atoms. The molecule has 2 aromatic rings. The molecule has 0 radical (unpaired) electrons. The maximum atomic E-state index is 11.7. The number of unbranched alkanes of at least 4 members (excludes halogenated alkanes) is 1. The predicted octanol–water partition coefficient (Wildman–Crippen LogP) is 4.57. The number of nitrogens with one attached hydrogen (secondary N) is 2. The quantitative estimate of drug-likeness (QED) is 0.787. The summed E-state index contributed by atoms with van der Waals surface area (Å²) in [6.07, 6.45) is 2.51. The summed E-state index contributed by atoms with van der Waals surface area (Å²) in [5, 5.41) is 6.20. The lowest BCUT2D eigenvalue weighted by molar-refractivity contribution is -0.116. The molecule has 0 atom stereocenters. The van der Waals surface area contributed by atoms with E-state index in [4.69, 9.17) is 4.74 Å². The van der Waals surface area contributed by atoms with Gasteiger partial charge in [-0.3, -0.25) is 4.79 Å². The number of anilines is 3. The van der Waals surface area contributed by atoms with E-state index in [9.17, 15) is 4.79 Å². The Bertz CT molecular complexity index is 609. The van der Waals surface area contributed by atoms with E-state index in [1.165, 1.54) is 0 Å². The minimum absolute atomic E-state index is 0.0623. The highest BCUT2D eigenvalue weighted by atomic mass is 16.5. The van der Waals surface area contributed by atoms with E-state index >= 15 is 0 Å². The lowest BCUT2D eigenvalue weighted by Gasteiger charge is -2.11. The molecule has 4 heteroatoms. The summed E-state index contributed by atoms with van der Waals surface area (Å²) in [4.78, 5) is 11.7. The first-order valence-electron chi connectivity index (χ1n) is 7.53. The third kappa shape index (κ3) is 4.52. The average Bonchev–Trinajstić information content (AvgIpc) is 2.55. The van der Waals surface area contributed by atoms with Crippen molar-refractivity contribution in [3.05, 3.63) is 48.5 Å². The Morgan fingerprint density at radius 2 is 1.73 bits per heavy atom. The molecule has 0 saturated heterocycles. The minimum Gasteiger partial charge on any atom is -0.495 e. The van der Waals surface area contributed by atoms with Gasteiger partial charge in [-0.05, 0) is 42.8 Å². The molecule has 116 valence electrons. The summed E-state index contributed by atoms with van der Waals surface area (Å²) in [5.41, 5.74) is 2.66. The average molecular weight is 298 g/mol. The smallest absolute Gasteiger partial charge is 0.224 e. The molecule has 0 fully saturated rings. The number of benzene rings is 2. The van der Waals surface area contributed by atoms with Gasteiger partial charge >= 0.3 is 0 Å². The van der Waals surface area contributed by atoms with Crippen LogP contribution in [0.5, 0.6) is 5.75 Å². The predicted molar refractivity (Wildman–Crippen MR) is 90.9 cm³/mol. The second kappa shape index (κ2) is 8.08. The molecule has 0 aliphatic carbocycles. The van der Waals surface area contributed by atoms with Crippen molar-refractivity contribution in [1.29, 1.82) is 0 Å². The molecule has 2 rings (SSSR count). The Morgan fingerprint density at radius 1 is 1.05 bits per heavy atom. The highest BCUT2D eigenvalue weighted by Gasteiger charge is 2.04. The molecular weight excluding hydrogens is 276 g/mol. The highest BCUT2D eigenvalue weighted by molar-refractivity contribution is 5.90. The molecule has 0 aliphatic rings. The first-order chi connectivity index (χ1) is 10.7. The molecule has 2 aromatic carbocycles. The molecular formula is C18H22N2O2. The third-order valence-electron chi connectivity index (χ3n) is 3.31. The third-order valence-corrected chi connectivity index (χ3v) is 3.31. The van der Waals surface area contributed by atoms with Crippen molar-refractivity contribution in [2.45, 2.75) is 26.2 Å². The monoisotopic (exact) mass is 298 g/mol. The molecule has 2 N–H and O–H groups in total. The van der Waals surface area contributed by atoms with Crippen molar-refractivity contribution in [2.75, 3.05) is 17.7 Å². The van der Waals surface area contributed by atoms with E-state index < -0.39 is 0 Å². The summed E-state index contributed by atoms with van der Waals surface area (Å²) >= 11 is 0. The number of para-hydroxylation sites is 2. The first kappa shape index (κ1) is 15.9. The number of hydrogen-bond donors (Lipinski definition) is 2. The van der Waals surface area contributed by atoms with Crippen LogP contribution in [0.3, 0.4) is 0 Å². The summed E-state index contributed by atoms with van der Waals surface area (Å²) in [5.74, 6) is 0.853. The fourth-order valence-corrected chi connectivity index (χ4v) is 2.10. The van der Waals surface area contributed by atoms with Crippen molar-refractivity contribution in [1.82, 2.24) is 0 Å². The number of carbonyl (C=O) groups excluding carboxylic acids is 1. The van der Waals surface area contributed by atoms with Crippen LogP contribution < -0.4 is 15.4 Å². The van der Waals surface area contributed by atoms with Gasteiger partial charge in [-0.1, -0.05) is 25.5 Å². The molecule has 0 unspecified atom stereocenters. The maximum absolute atomic E-state index is 11.7. The van der Waals surface area contributed by atoms with Crippen molar-refractivity contribution in [2.24, 2.45) is 0 Å². The van der Waals surface area contributed by atoms with Gasteiger partial charge in [0.15, 0.2) is 0 Å². The Hall–Kier alpha value is -2.49. The van der Waals surface area contributed by atoms with Gasteiger partial charge in [-0.15, -0.1) is 0 Å². The SMILES string of the molecule is CCCCC(=O)Nc1ccc(Nc2ccccc2OC)cc1. The topological polar surface area (TPSA) is 50.4 Å². The van der Waals surface area contributed by atoms with Crippen LogP contribution in [-0.4, -0.2) is 13.0 Å². The van der Waals surface area contributed by atoms with Crippen LogP contribution in [0.2, 0.25) is 0 Å². The van der Waals surface area contributed by atoms with Gasteiger partial charge in [0, 0.05) is 17.8 Å². The van der Waals surface area contributed by atoms with Crippen LogP contribution >= 0.6 is 0 Å². The second-order valence-corrected chi connectivity index (χ2v) is 5.05. The van der Waals surface area contributed by atoms with E-state index in [1.807, 2.05) is 48.5 Å². The molecule has 0 spiro atoms. The van der Waals surface area contributed by atoms with Crippen LogP contribution in [0.15, 0.2) is 48.5 Å². The molecule has 0 aliphatic heterocycles. The Morgan fingerprint density at radius 3 is 2.41 bits per heavy atom. The number of carbonyl (C=O) groups is 1. The van der Waals surface area contributed by atoms with Crippen LogP contribution in [0.25, 0.3) is 0 Å². The van der Waals surface area contributed by atoms with E-state index in [1.54, 1.807) is 7.11 Å². The van der Waals surface area contributed by atoms with Crippen molar-refractivity contribution < 1.29 is 9.53 Å². The maximum Gasteiger partial charge on any atom is 0.224 e. The number of hydrogen-bond acceptors (Lipinski definition) is 3. The zero-order valence-corrected chi connectivity index (χ0v) is 13.1. The van der Waals surface area contributed by atoms with Crippen molar-refractivity contribution in [3.8, 4) is 5.75 Å². The van der Waals surface area contributed by atoms with Crippen molar-refractivity contribution >= 4 is 23.0 Å². The van der Waals surface area contributed by atoms with Gasteiger partial charge in [0.25, 0.3) is 0 Å². The Balaban J connectivity index is 1.98. The second-order valence-electron chi connectivity index (χ2n) is 5.05. The van der Waals surface area contributed by atoms with Crippen LogP contribution in [0.1, 0.15) is 26.2 Å². The van der Waals surface area contributed by atoms with E-state index in [-0.39, 0.29) is 5.91 Å². The van der Waals surface area contributed by atoms with Crippen LogP contribution in [0, 0.1) is 0 Å². The largest absolute Gasteiger partial charge is 0.495 e. The van der Waals surface area contributed by atoms with Crippen LogP contribution in [0.4, 0.5) is 17.1 Å². The fourth-order valence-electron chi connectivity index (χ4n) is 2.10. The zero-order chi connectivity index (χ0) is 15.8. The summed E-state index contributed by atoms with van der Waals surface area (Å²) in [7, 11) is 1.65. The normalized spacial score (nSPS) is 10.1. The number of methoxy groups -OCH3 is 1. The molecule has 4 nitrogen and oxygen atoms in total. The number of ether oxygens (including phenoxy) is 1. The van der Waals surface area contributed by atoms with E-state index in [2.05, 4.69) is 17.6 Å². The number of rotatable bonds is 7. The van der Waals surface area contributed by atoms with Gasteiger partial charge in [-0.25, -0.2) is 0 Å². The molecule has 0 saturated carbocycles. The molecule has 1 amide bonds. The Labute approximate surface area is 131 Å². The van der Waals surface area contributed by atoms with Gasteiger partial charge in [-0.2, -0.15) is 0 Å². The van der Waals surface area contributed by atoms with Gasteiger partial charge < -0.3 is 15.4 Å². The van der Waals surface area contributed by atoms with E-state index in [0.29, 0.717) is 6.42 Å². The fraction of sp³-hybridized carbons (Fsp3) is 0.278. The van der Waals surface area contributed by atoms with Gasteiger partial charge in [0.05, 0.1) is 12.8 Å². The standard InChI is InChI=1S/C18H22N2O2/c1-3-4-9-18(21)20-15-12-10-14(11-13-15)19-16-7-5-6-8-17(16)22-2/h5-8,10-13,19H,3-4,9H2,1-2H3,(H,20,21). The summed E-state index contributed by atoms with van der Waals surface area (Å²) in [6, 6.07) is 15.4. The minimum atomic E-state index is 0.0623. The number of amides is 1. The lowest BCUT2D eigenvalue weighted by atomic mass is 10.2. The lowest BCUT2D eigenvalue weighted by Crippen LogP contribution is -2.10. The van der Waals surface area contributed by atoms with Gasteiger partial charge in [0.1, 0.15) is 5.75 Å². The molecule has 0 heterocycles. The first-order valence-corrected chi connectivity index (χ1v) is 7.53. The zero-order valence-electron chi connectivity index (χ0n) is 13.1.